The van der Waals surface area contributed by atoms with E-state index in [0.717, 1.165) is 25.9 Å². The fraction of sp³-hybridized carbons (Fsp3) is 1.00. The van der Waals surface area contributed by atoms with Crippen LogP contribution in [0.2, 0.25) is 0 Å². The van der Waals surface area contributed by atoms with Gasteiger partial charge in [-0.2, -0.15) is 0 Å². The Labute approximate surface area is 104 Å². The first-order valence-corrected chi connectivity index (χ1v) is 7.06. The molecular formula is C14H25NO2. The third kappa shape index (κ3) is 1.66. The molecule has 4 aliphatic rings. The molecule has 17 heavy (non-hydrogen) atoms. The minimum atomic E-state index is -0.212. The standard InChI is InChI=1S/C14H25NO2/c1-13(2)10-6-7-14(3,17-13)12(11(10)16)15-8-4-5-9-15/h10-12,16H,4-9H2,1-3H3/t10-,11+,12-,14+/m0/s1. The lowest BCUT2D eigenvalue weighted by Gasteiger charge is -2.61. The lowest BCUT2D eigenvalue weighted by molar-refractivity contribution is -0.294. The van der Waals surface area contributed by atoms with E-state index in [2.05, 4.69) is 25.7 Å². The maximum atomic E-state index is 10.7. The van der Waals surface area contributed by atoms with Gasteiger partial charge in [0.05, 0.1) is 23.3 Å². The van der Waals surface area contributed by atoms with Crippen LogP contribution in [0.15, 0.2) is 0 Å². The summed E-state index contributed by atoms with van der Waals surface area (Å²) in [7, 11) is 0. The maximum Gasteiger partial charge on any atom is 0.0841 e. The molecule has 0 aromatic heterocycles. The Hall–Kier alpha value is -0.120. The van der Waals surface area contributed by atoms with Crippen LogP contribution in [0.3, 0.4) is 0 Å². The van der Waals surface area contributed by atoms with Crippen LogP contribution in [0.1, 0.15) is 46.5 Å². The second-order valence-electron chi connectivity index (χ2n) is 6.84. The van der Waals surface area contributed by atoms with Crippen LogP contribution in [0.4, 0.5) is 0 Å². The molecule has 0 aromatic carbocycles. The molecule has 3 heterocycles. The summed E-state index contributed by atoms with van der Waals surface area (Å²) in [5.74, 6) is 0.301. The number of hydrogen-bond acceptors (Lipinski definition) is 3. The number of ether oxygens (including phenoxy) is 1. The van der Waals surface area contributed by atoms with Crippen LogP contribution in [-0.4, -0.2) is 46.4 Å². The smallest absolute Gasteiger partial charge is 0.0841 e. The summed E-state index contributed by atoms with van der Waals surface area (Å²) in [5, 5.41) is 10.7. The molecule has 1 N–H and O–H groups in total. The summed E-state index contributed by atoms with van der Waals surface area (Å²) in [5.41, 5.74) is -0.315. The van der Waals surface area contributed by atoms with Crippen LogP contribution < -0.4 is 0 Å². The van der Waals surface area contributed by atoms with Crippen molar-refractivity contribution in [1.82, 2.24) is 4.90 Å². The summed E-state index contributed by atoms with van der Waals surface area (Å²) in [6.45, 7) is 8.75. The zero-order chi connectivity index (χ0) is 12.3. The van der Waals surface area contributed by atoms with Crippen LogP contribution >= 0.6 is 0 Å². The first-order valence-electron chi connectivity index (χ1n) is 7.06. The summed E-state index contributed by atoms with van der Waals surface area (Å²) >= 11 is 0. The molecule has 3 heteroatoms. The van der Waals surface area contributed by atoms with Crippen molar-refractivity contribution in [1.29, 1.82) is 0 Å². The highest BCUT2D eigenvalue weighted by molar-refractivity contribution is 5.11. The Bertz CT molecular complexity index is 311. The van der Waals surface area contributed by atoms with Gasteiger partial charge in [0.2, 0.25) is 0 Å². The fourth-order valence-corrected chi connectivity index (χ4v) is 4.51. The molecule has 3 saturated heterocycles. The number of nitrogens with zero attached hydrogens (tertiary/aromatic N) is 1. The number of fused-ring (bicyclic) bond motifs is 3. The molecule has 3 aliphatic heterocycles. The Morgan fingerprint density at radius 3 is 2.35 bits per heavy atom. The van der Waals surface area contributed by atoms with Gasteiger partial charge in [-0.05, 0) is 59.5 Å². The van der Waals surface area contributed by atoms with Gasteiger partial charge in [-0.1, -0.05) is 0 Å². The van der Waals surface area contributed by atoms with Crippen molar-refractivity contribution in [2.45, 2.75) is 69.8 Å². The quantitative estimate of drug-likeness (QED) is 0.757. The Kier molecular flexibility index (Phi) is 2.59. The third-order valence-corrected chi connectivity index (χ3v) is 5.24. The van der Waals surface area contributed by atoms with E-state index < -0.39 is 0 Å². The van der Waals surface area contributed by atoms with Gasteiger partial charge in [0, 0.05) is 5.92 Å². The molecule has 2 bridgehead atoms. The molecule has 4 rings (SSSR count). The molecule has 98 valence electrons. The van der Waals surface area contributed by atoms with Crippen molar-refractivity contribution in [3.8, 4) is 0 Å². The molecule has 4 atom stereocenters. The highest BCUT2D eigenvalue weighted by atomic mass is 16.5. The van der Waals surface area contributed by atoms with Gasteiger partial charge in [0.15, 0.2) is 0 Å². The first-order chi connectivity index (χ1) is 7.94. The molecular weight excluding hydrogens is 214 g/mol. The highest BCUT2D eigenvalue weighted by Crippen LogP contribution is 2.51. The van der Waals surface area contributed by atoms with E-state index in [4.69, 9.17) is 4.74 Å². The molecule has 0 unspecified atom stereocenters. The van der Waals surface area contributed by atoms with E-state index in [9.17, 15) is 5.11 Å². The topological polar surface area (TPSA) is 32.7 Å². The highest BCUT2D eigenvalue weighted by Gasteiger charge is 2.60. The van der Waals surface area contributed by atoms with Crippen molar-refractivity contribution in [2.24, 2.45) is 5.92 Å². The van der Waals surface area contributed by atoms with E-state index in [-0.39, 0.29) is 23.3 Å². The molecule has 3 nitrogen and oxygen atoms in total. The number of likely N-dealkylation sites (tertiary alicyclic amines) is 1. The third-order valence-electron chi connectivity index (χ3n) is 5.24. The predicted molar refractivity (Wildman–Crippen MR) is 66.9 cm³/mol. The summed E-state index contributed by atoms with van der Waals surface area (Å²) in [6, 6.07) is 0.219. The van der Waals surface area contributed by atoms with Gasteiger partial charge in [-0.15, -0.1) is 0 Å². The summed E-state index contributed by atoms with van der Waals surface area (Å²) in [6.07, 6.45) is 4.53. The van der Waals surface area contributed by atoms with Crippen LogP contribution in [0, 0.1) is 5.92 Å². The lowest BCUT2D eigenvalue weighted by atomic mass is 9.64. The second kappa shape index (κ2) is 3.69. The molecule has 1 aliphatic carbocycles. The molecule has 4 fully saturated rings. The molecule has 0 spiro atoms. The van der Waals surface area contributed by atoms with Gasteiger partial charge >= 0.3 is 0 Å². The lowest BCUT2D eigenvalue weighted by Crippen LogP contribution is -2.72. The molecule has 0 radical (unpaired) electrons. The monoisotopic (exact) mass is 239 g/mol. The zero-order valence-corrected chi connectivity index (χ0v) is 11.3. The average Bonchev–Trinajstić information content (AvgIpc) is 2.67. The van der Waals surface area contributed by atoms with Crippen LogP contribution in [0.25, 0.3) is 0 Å². The Morgan fingerprint density at radius 1 is 1.18 bits per heavy atom. The number of rotatable bonds is 1. The van der Waals surface area contributed by atoms with Crippen molar-refractivity contribution in [3.05, 3.63) is 0 Å². The number of aliphatic hydroxyl groups is 1. The SMILES string of the molecule is CC1(C)O[C@]2(C)CC[C@H]1[C@@H](O)[C@@H]2N1CCCC1. The van der Waals surface area contributed by atoms with Gasteiger partial charge < -0.3 is 9.84 Å². The van der Waals surface area contributed by atoms with Crippen LogP contribution in [-0.2, 0) is 4.74 Å². The minimum absolute atomic E-state index is 0.151. The second-order valence-corrected chi connectivity index (χ2v) is 6.84. The van der Waals surface area contributed by atoms with Gasteiger partial charge in [-0.25, -0.2) is 0 Å². The average molecular weight is 239 g/mol. The normalized spacial score (nSPS) is 49.8. The van der Waals surface area contributed by atoms with Crippen molar-refractivity contribution < 1.29 is 9.84 Å². The van der Waals surface area contributed by atoms with Gasteiger partial charge in [-0.3, -0.25) is 4.90 Å². The maximum absolute atomic E-state index is 10.7. The van der Waals surface area contributed by atoms with E-state index in [1.54, 1.807) is 0 Å². The number of hydrogen-bond donors (Lipinski definition) is 1. The minimum Gasteiger partial charge on any atom is -0.391 e. The van der Waals surface area contributed by atoms with Gasteiger partial charge in [0.1, 0.15) is 0 Å². The Morgan fingerprint density at radius 2 is 1.82 bits per heavy atom. The van der Waals surface area contributed by atoms with Crippen molar-refractivity contribution >= 4 is 0 Å². The Balaban J connectivity index is 1.90. The number of aliphatic hydroxyl groups excluding tert-OH is 1. The summed E-state index contributed by atoms with van der Waals surface area (Å²) < 4.78 is 6.35. The van der Waals surface area contributed by atoms with E-state index in [0.29, 0.717) is 5.92 Å². The largest absolute Gasteiger partial charge is 0.391 e. The first kappa shape index (κ1) is 11.9. The molecule has 1 saturated carbocycles. The van der Waals surface area contributed by atoms with E-state index in [1.165, 1.54) is 12.8 Å². The van der Waals surface area contributed by atoms with Crippen molar-refractivity contribution in [3.63, 3.8) is 0 Å². The molecule has 0 amide bonds. The fourth-order valence-electron chi connectivity index (χ4n) is 4.51. The zero-order valence-electron chi connectivity index (χ0n) is 11.3. The van der Waals surface area contributed by atoms with Gasteiger partial charge in [0.25, 0.3) is 0 Å². The summed E-state index contributed by atoms with van der Waals surface area (Å²) in [4.78, 5) is 2.46. The van der Waals surface area contributed by atoms with Crippen molar-refractivity contribution in [2.75, 3.05) is 13.1 Å². The molecule has 0 aromatic rings. The predicted octanol–water partition coefficient (Wildman–Crippen LogP) is 1.79. The van der Waals surface area contributed by atoms with E-state index in [1.807, 2.05) is 0 Å². The van der Waals surface area contributed by atoms with Crippen LogP contribution in [0.5, 0.6) is 0 Å². The van der Waals surface area contributed by atoms with E-state index >= 15 is 0 Å².